The van der Waals surface area contributed by atoms with Crippen LogP contribution in [-0.4, -0.2) is 54.2 Å². The van der Waals surface area contributed by atoms with Gasteiger partial charge in [-0.25, -0.2) is 0 Å². The van der Waals surface area contributed by atoms with Crippen molar-refractivity contribution in [3.63, 3.8) is 0 Å². The highest BCUT2D eigenvalue weighted by Crippen LogP contribution is 2.39. The first-order valence-electron chi connectivity index (χ1n) is 6.27. The molecule has 2 atom stereocenters. The normalized spacial score (nSPS) is 34.2. The molecule has 0 amide bonds. The van der Waals surface area contributed by atoms with E-state index in [0.29, 0.717) is 11.5 Å². The molecule has 2 saturated heterocycles. The quantitative estimate of drug-likeness (QED) is 0.758. The zero-order valence-electron chi connectivity index (χ0n) is 10.7. The summed E-state index contributed by atoms with van der Waals surface area (Å²) in [7, 11) is 0.156. The fourth-order valence-electron chi connectivity index (χ4n) is 3.14. The van der Waals surface area contributed by atoms with Gasteiger partial charge in [0.05, 0.1) is 0 Å². The lowest BCUT2D eigenvalue weighted by atomic mass is 9.86. The number of likely N-dealkylation sites (tertiary alicyclic amines) is 2. The van der Waals surface area contributed by atoms with E-state index < -0.39 is 0 Å². The van der Waals surface area contributed by atoms with Gasteiger partial charge in [-0.05, 0) is 51.4 Å². The predicted octanol–water partition coefficient (Wildman–Crippen LogP) is 1.46. The Balaban J connectivity index is 1.90. The van der Waals surface area contributed by atoms with Crippen LogP contribution in [0.1, 0.15) is 26.7 Å². The summed E-state index contributed by atoms with van der Waals surface area (Å²) < 4.78 is 0. The Morgan fingerprint density at radius 2 is 1.94 bits per heavy atom. The van der Waals surface area contributed by atoms with E-state index in [-0.39, 0.29) is 9.45 Å². The Bertz CT molecular complexity index is 280. The summed E-state index contributed by atoms with van der Waals surface area (Å²) in [5.41, 5.74) is 0.610. The Hall–Kier alpha value is 0.490. The summed E-state index contributed by atoms with van der Waals surface area (Å²) in [6, 6.07) is 0.716. The average Bonchev–Trinajstić information content (AvgIpc) is 2.74. The molecule has 0 aromatic carbocycles. The maximum atomic E-state index is 5.32. The molecule has 0 aromatic heterocycles. The van der Waals surface area contributed by atoms with Crippen molar-refractivity contribution >= 4 is 20.6 Å². The summed E-state index contributed by atoms with van der Waals surface area (Å²) in [5.74, 6) is 1.14. The summed E-state index contributed by atoms with van der Waals surface area (Å²) in [6.07, 6.45) is 4.97. The van der Waals surface area contributed by atoms with E-state index in [1.54, 1.807) is 0 Å². The van der Waals surface area contributed by atoms with Crippen molar-refractivity contribution in [3.8, 4) is 0 Å². The van der Waals surface area contributed by atoms with Crippen molar-refractivity contribution in [2.24, 2.45) is 5.41 Å². The van der Waals surface area contributed by atoms with Crippen LogP contribution in [0.3, 0.4) is 0 Å². The molecule has 2 aliphatic heterocycles. The Labute approximate surface area is 107 Å². The molecule has 0 N–H and O–H groups in total. The first-order valence-corrected chi connectivity index (χ1v) is 9.00. The third kappa shape index (κ3) is 2.84. The molecule has 2 unspecified atom stereocenters. The minimum atomic E-state index is 0.156. The van der Waals surface area contributed by atoms with Crippen LogP contribution < -0.4 is 0 Å². The largest absolute Gasteiger partial charge is 0.300 e. The van der Waals surface area contributed by atoms with Crippen LogP contribution in [0.4, 0.5) is 0 Å². The van der Waals surface area contributed by atoms with Crippen LogP contribution in [0.2, 0.25) is 0 Å². The molecule has 1 spiro atoms. The average molecular weight is 260 g/mol. The molecule has 4 heteroatoms. The highest BCUT2D eigenvalue weighted by molar-refractivity contribution is 8.28. The van der Waals surface area contributed by atoms with Gasteiger partial charge in [0, 0.05) is 25.0 Å². The van der Waals surface area contributed by atoms with Gasteiger partial charge in [-0.3, -0.25) is 4.90 Å². The number of nitrogens with zero attached hydrogens (tertiary/aromatic N) is 2. The Morgan fingerprint density at radius 1 is 1.25 bits per heavy atom. The second-order valence-electron chi connectivity index (χ2n) is 5.82. The standard InChI is InChI=1S/C12H24N2S2/c1-11(2)14-7-5-12(9-14)4-6-13(8-12)10-16(3)15/h11H,4-10H2,1-3H3. The SMILES string of the molecule is CC(C)N1CCC2(CCN(CS(C)=S)C2)C1. The van der Waals surface area contributed by atoms with Crippen LogP contribution in [0.5, 0.6) is 0 Å². The first-order chi connectivity index (χ1) is 7.51. The van der Waals surface area contributed by atoms with Gasteiger partial charge in [-0.2, -0.15) is 0 Å². The van der Waals surface area contributed by atoms with Crippen molar-refractivity contribution in [2.75, 3.05) is 38.3 Å². The van der Waals surface area contributed by atoms with Crippen LogP contribution in [-0.2, 0) is 20.6 Å². The molecule has 2 nitrogen and oxygen atoms in total. The molecule has 16 heavy (non-hydrogen) atoms. The van der Waals surface area contributed by atoms with Crippen LogP contribution in [0, 0.1) is 5.41 Å². The summed E-state index contributed by atoms with van der Waals surface area (Å²) >= 11 is 5.32. The molecule has 0 aromatic rings. The molecule has 2 rings (SSSR count). The van der Waals surface area contributed by atoms with E-state index in [2.05, 4.69) is 29.9 Å². The molecule has 0 radical (unpaired) electrons. The van der Waals surface area contributed by atoms with E-state index in [9.17, 15) is 0 Å². The van der Waals surface area contributed by atoms with Gasteiger partial charge >= 0.3 is 0 Å². The third-order valence-corrected chi connectivity index (χ3v) is 5.12. The van der Waals surface area contributed by atoms with Crippen molar-refractivity contribution in [1.82, 2.24) is 9.80 Å². The monoisotopic (exact) mass is 260 g/mol. The van der Waals surface area contributed by atoms with Gasteiger partial charge in [0.15, 0.2) is 0 Å². The molecule has 94 valence electrons. The second-order valence-corrected chi connectivity index (χ2v) is 8.93. The molecular weight excluding hydrogens is 236 g/mol. The zero-order valence-corrected chi connectivity index (χ0v) is 12.4. The summed E-state index contributed by atoms with van der Waals surface area (Å²) in [5, 5.41) is 0. The first kappa shape index (κ1) is 12.9. The lowest BCUT2D eigenvalue weighted by molar-refractivity contribution is 0.222. The minimum absolute atomic E-state index is 0.156. The molecule has 0 bridgehead atoms. The Kier molecular flexibility index (Phi) is 4.05. The highest BCUT2D eigenvalue weighted by atomic mass is 32.8. The molecule has 2 heterocycles. The van der Waals surface area contributed by atoms with Crippen LogP contribution in [0.15, 0.2) is 0 Å². The maximum absolute atomic E-state index is 5.32. The molecule has 0 saturated carbocycles. The van der Waals surface area contributed by atoms with Gasteiger partial charge in [-0.1, -0.05) is 11.2 Å². The Morgan fingerprint density at radius 3 is 2.50 bits per heavy atom. The highest BCUT2D eigenvalue weighted by Gasteiger charge is 2.43. The second kappa shape index (κ2) is 5.01. The predicted molar refractivity (Wildman–Crippen MR) is 75.5 cm³/mol. The van der Waals surface area contributed by atoms with Gasteiger partial charge in [0.1, 0.15) is 0 Å². The van der Waals surface area contributed by atoms with E-state index in [1.807, 2.05) is 0 Å². The van der Waals surface area contributed by atoms with E-state index >= 15 is 0 Å². The maximum Gasteiger partial charge on any atom is 0.0487 e. The van der Waals surface area contributed by atoms with Crippen LogP contribution in [0.25, 0.3) is 0 Å². The molecular formula is C12H24N2S2. The smallest absolute Gasteiger partial charge is 0.0487 e. The fraction of sp³-hybridized carbons (Fsp3) is 1.00. The topological polar surface area (TPSA) is 6.48 Å². The van der Waals surface area contributed by atoms with E-state index in [0.717, 1.165) is 5.88 Å². The zero-order chi connectivity index (χ0) is 11.8. The van der Waals surface area contributed by atoms with Crippen molar-refractivity contribution in [1.29, 1.82) is 0 Å². The third-order valence-electron chi connectivity index (χ3n) is 4.08. The lowest BCUT2D eigenvalue weighted by Gasteiger charge is -2.26. The van der Waals surface area contributed by atoms with E-state index in [1.165, 1.54) is 39.0 Å². The van der Waals surface area contributed by atoms with Crippen molar-refractivity contribution < 1.29 is 0 Å². The fourth-order valence-corrected chi connectivity index (χ4v) is 4.32. The van der Waals surface area contributed by atoms with Gasteiger partial charge in [-0.15, -0.1) is 9.45 Å². The molecule has 2 aliphatic rings. The van der Waals surface area contributed by atoms with Crippen molar-refractivity contribution in [2.45, 2.75) is 32.7 Å². The van der Waals surface area contributed by atoms with Gasteiger partial charge in [0.25, 0.3) is 0 Å². The molecule has 2 fully saturated rings. The summed E-state index contributed by atoms with van der Waals surface area (Å²) in [4.78, 5) is 5.24. The van der Waals surface area contributed by atoms with Gasteiger partial charge in [0.2, 0.25) is 0 Å². The number of hydrogen-bond donors (Lipinski definition) is 0. The summed E-state index contributed by atoms with van der Waals surface area (Å²) in [6.45, 7) is 9.83. The van der Waals surface area contributed by atoms with Gasteiger partial charge < -0.3 is 4.90 Å². The minimum Gasteiger partial charge on any atom is -0.300 e. The van der Waals surface area contributed by atoms with E-state index in [4.69, 9.17) is 11.2 Å². The number of rotatable bonds is 3. The number of hydrogen-bond acceptors (Lipinski definition) is 3. The lowest BCUT2D eigenvalue weighted by Crippen LogP contribution is -2.34. The van der Waals surface area contributed by atoms with Crippen LogP contribution >= 0.6 is 0 Å². The van der Waals surface area contributed by atoms with Crippen molar-refractivity contribution in [3.05, 3.63) is 0 Å². The molecule has 0 aliphatic carbocycles.